The van der Waals surface area contributed by atoms with Gasteiger partial charge in [0, 0.05) is 25.6 Å². The standard InChI is InChI=1S/C13H15N3O2/c1-10-8-12(17)3-2-11(10)9-13(18)4-6-16-7-5-14-15-16/h2-3,5,7-8,17H,4,6,9H2,1H3. The predicted octanol–water partition coefficient (Wildman–Crippen LogP) is 1.49. The summed E-state index contributed by atoms with van der Waals surface area (Å²) in [5, 5.41) is 16.8. The van der Waals surface area contributed by atoms with Crippen LogP contribution < -0.4 is 0 Å². The molecule has 0 unspecified atom stereocenters. The first-order valence-corrected chi connectivity index (χ1v) is 5.79. The first-order valence-electron chi connectivity index (χ1n) is 5.79. The summed E-state index contributed by atoms with van der Waals surface area (Å²) in [6, 6.07) is 5.06. The van der Waals surface area contributed by atoms with Gasteiger partial charge in [-0.05, 0) is 30.2 Å². The summed E-state index contributed by atoms with van der Waals surface area (Å²) in [5.74, 6) is 0.380. The smallest absolute Gasteiger partial charge is 0.139 e. The van der Waals surface area contributed by atoms with E-state index in [1.165, 1.54) is 0 Å². The van der Waals surface area contributed by atoms with Crippen LogP contribution in [-0.2, 0) is 17.8 Å². The van der Waals surface area contributed by atoms with Gasteiger partial charge < -0.3 is 5.11 Å². The van der Waals surface area contributed by atoms with E-state index in [1.54, 1.807) is 35.3 Å². The number of hydrogen-bond acceptors (Lipinski definition) is 4. The second kappa shape index (κ2) is 5.44. The molecule has 1 aromatic carbocycles. The van der Waals surface area contributed by atoms with Gasteiger partial charge in [0.2, 0.25) is 0 Å². The molecule has 2 rings (SSSR count). The van der Waals surface area contributed by atoms with Crippen LogP contribution in [0.2, 0.25) is 0 Å². The summed E-state index contributed by atoms with van der Waals surface area (Å²) in [7, 11) is 0. The number of ketones is 1. The van der Waals surface area contributed by atoms with Crippen molar-refractivity contribution in [2.24, 2.45) is 0 Å². The molecule has 0 fully saturated rings. The van der Waals surface area contributed by atoms with Gasteiger partial charge in [-0.2, -0.15) is 0 Å². The van der Waals surface area contributed by atoms with E-state index < -0.39 is 0 Å². The molecule has 0 bridgehead atoms. The number of Topliss-reactive ketones (excluding diaryl/α,β-unsaturated/α-hetero) is 1. The van der Waals surface area contributed by atoms with Crippen molar-refractivity contribution in [2.45, 2.75) is 26.3 Å². The summed E-state index contributed by atoms with van der Waals surface area (Å²) >= 11 is 0. The maximum Gasteiger partial charge on any atom is 0.139 e. The number of aromatic hydroxyl groups is 1. The minimum atomic E-state index is 0.152. The SMILES string of the molecule is Cc1cc(O)ccc1CC(=O)CCn1ccnn1. The molecule has 0 saturated carbocycles. The molecule has 1 aromatic heterocycles. The lowest BCUT2D eigenvalue weighted by Gasteiger charge is -2.05. The fourth-order valence-corrected chi connectivity index (χ4v) is 1.77. The monoisotopic (exact) mass is 245 g/mol. The second-order valence-corrected chi connectivity index (χ2v) is 4.24. The molecule has 5 heteroatoms. The number of phenolic OH excluding ortho intramolecular Hbond substituents is 1. The van der Waals surface area contributed by atoms with E-state index in [1.807, 2.05) is 6.92 Å². The Morgan fingerprint density at radius 2 is 2.28 bits per heavy atom. The van der Waals surface area contributed by atoms with Gasteiger partial charge in [0.05, 0.1) is 6.20 Å². The number of nitrogens with zero attached hydrogens (tertiary/aromatic N) is 3. The van der Waals surface area contributed by atoms with Gasteiger partial charge in [0.25, 0.3) is 0 Å². The predicted molar refractivity (Wildman–Crippen MR) is 66.2 cm³/mol. The minimum Gasteiger partial charge on any atom is -0.508 e. The Labute approximate surface area is 105 Å². The number of aryl methyl sites for hydroxylation is 2. The van der Waals surface area contributed by atoms with Gasteiger partial charge in [-0.25, -0.2) is 0 Å². The highest BCUT2D eigenvalue weighted by atomic mass is 16.3. The van der Waals surface area contributed by atoms with Crippen molar-refractivity contribution in [2.75, 3.05) is 0 Å². The number of carbonyl (C=O) groups excluding carboxylic acids is 1. The molecule has 0 aliphatic rings. The van der Waals surface area contributed by atoms with Gasteiger partial charge >= 0.3 is 0 Å². The summed E-state index contributed by atoms with van der Waals surface area (Å²) in [4.78, 5) is 11.8. The van der Waals surface area contributed by atoms with E-state index in [9.17, 15) is 9.90 Å². The van der Waals surface area contributed by atoms with Gasteiger partial charge in [-0.15, -0.1) is 5.10 Å². The van der Waals surface area contributed by atoms with Crippen LogP contribution in [0, 0.1) is 6.92 Å². The lowest BCUT2D eigenvalue weighted by Crippen LogP contribution is -2.09. The number of benzene rings is 1. The second-order valence-electron chi connectivity index (χ2n) is 4.24. The van der Waals surface area contributed by atoms with Crippen LogP contribution in [0.25, 0.3) is 0 Å². The number of hydrogen-bond donors (Lipinski definition) is 1. The van der Waals surface area contributed by atoms with E-state index in [4.69, 9.17) is 0 Å². The van der Waals surface area contributed by atoms with Gasteiger partial charge in [-0.1, -0.05) is 11.3 Å². The van der Waals surface area contributed by atoms with Crippen molar-refractivity contribution in [3.8, 4) is 5.75 Å². The Morgan fingerprint density at radius 1 is 1.44 bits per heavy atom. The number of carbonyl (C=O) groups is 1. The van der Waals surface area contributed by atoms with Gasteiger partial charge in [0.1, 0.15) is 11.5 Å². The van der Waals surface area contributed by atoms with Crippen LogP contribution >= 0.6 is 0 Å². The molecular weight excluding hydrogens is 230 g/mol. The van der Waals surface area contributed by atoms with Crippen molar-refractivity contribution in [3.63, 3.8) is 0 Å². The fraction of sp³-hybridized carbons (Fsp3) is 0.308. The molecule has 0 saturated heterocycles. The third kappa shape index (κ3) is 3.16. The third-order valence-electron chi connectivity index (χ3n) is 2.81. The highest BCUT2D eigenvalue weighted by molar-refractivity contribution is 5.81. The molecule has 2 aromatic rings. The van der Waals surface area contributed by atoms with E-state index in [0.717, 1.165) is 11.1 Å². The molecule has 0 radical (unpaired) electrons. The first kappa shape index (κ1) is 12.3. The Kier molecular flexibility index (Phi) is 3.72. The van der Waals surface area contributed by atoms with Crippen molar-refractivity contribution in [3.05, 3.63) is 41.7 Å². The lowest BCUT2D eigenvalue weighted by molar-refractivity contribution is -0.118. The largest absolute Gasteiger partial charge is 0.508 e. The number of phenols is 1. The Morgan fingerprint density at radius 3 is 2.94 bits per heavy atom. The number of rotatable bonds is 5. The van der Waals surface area contributed by atoms with Crippen LogP contribution in [0.4, 0.5) is 0 Å². The molecule has 5 nitrogen and oxygen atoms in total. The summed E-state index contributed by atoms with van der Waals surface area (Å²) in [5.41, 5.74) is 1.89. The normalized spacial score (nSPS) is 10.5. The number of aromatic nitrogens is 3. The van der Waals surface area contributed by atoms with E-state index in [-0.39, 0.29) is 11.5 Å². The molecule has 1 heterocycles. The molecule has 0 aliphatic heterocycles. The maximum atomic E-state index is 11.8. The van der Waals surface area contributed by atoms with Gasteiger partial charge in [-0.3, -0.25) is 9.48 Å². The molecular formula is C13H15N3O2. The van der Waals surface area contributed by atoms with Crippen LogP contribution in [-0.4, -0.2) is 25.9 Å². The van der Waals surface area contributed by atoms with Crippen molar-refractivity contribution < 1.29 is 9.90 Å². The maximum absolute atomic E-state index is 11.8. The van der Waals surface area contributed by atoms with Crippen LogP contribution in [0.15, 0.2) is 30.6 Å². The molecule has 0 atom stereocenters. The quantitative estimate of drug-likeness (QED) is 0.866. The topological polar surface area (TPSA) is 68.0 Å². The Hall–Kier alpha value is -2.17. The van der Waals surface area contributed by atoms with Crippen LogP contribution in [0.3, 0.4) is 0 Å². The Bertz CT molecular complexity index is 535. The fourth-order valence-electron chi connectivity index (χ4n) is 1.77. The Balaban J connectivity index is 1.91. The van der Waals surface area contributed by atoms with Gasteiger partial charge in [0.15, 0.2) is 0 Å². The van der Waals surface area contributed by atoms with Crippen LogP contribution in [0.5, 0.6) is 5.75 Å². The minimum absolute atomic E-state index is 0.152. The first-order chi connectivity index (χ1) is 8.65. The zero-order valence-electron chi connectivity index (χ0n) is 10.2. The zero-order chi connectivity index (χ0) is 13.0. The molecule has 0 aliphatic carbocycles. The highest BCUT2D eigenvalue weighted by Crippen LogP contribution is 2.16. The molecule has 0 spiro atoms. The van der Waals surface area contributed by atoms with Crippen molar-refractivity contribution >= 4 is 5.78 Å². The zero-order valence-corrected chi connectivity index (χ0v) is 10.2. The molecule has 0 amide bonds. The van der Waals surface area contributed by atoms with Crippen molar-refractivity contribution in [1.29, 1.82) is 0 Å². The van der Waals surface area contributed by atoms with E-state index in [2.05, 4.69) is 10.3 Å². The summed E-state index contributed by atoms with van der Waals surface area (Å²) in [6.45, 7) is 2.44. The summed E-state index contributed by atoms with van der Waals surface area (Å²) in [6.07, 6.45) is 4.15. The third-order valence-corrected chi connectivity index (χ3v) is 2.81. The van der Waals surface area contributed by atoms with Crippen molar-refractivity contribution in [1.82, 2.24) is 15.0 Å². The van der Waals surface area contributed by atoms with E-state index >= 15 is 0 Å². The average Bonchev–Trinajstić information content (AvgIpc) is 2.83. The lowest BCUT2D eigenvalue weighted by atomic mass is 10.0. The molecule has 18 heavy (non-hydrogen) atoms. The summed E-state index contributed by atoms with van der Waals surface area (Å²) < 4.78 is 1.64. The average molecular weight is 245 g/mol. The highest BCUT2D eigenvalue weighted by Gasteiger charge is 2.07. The van der Waals surface area contributed by atoms with E-state index in [0.29, 0.717) is 19.4 Å². The molecule has 1 N–H and O–H groups in total. The molecule has 94 valence electrons. The van der Waals surface area contributed by atoms with Crippen LogP contribution in [0.1, 0.15) is 17.5 Å².